The molecule has 6 nitrogen and oxygen atoms in total. The van der Waals surface area contributed by atoms with Crippen LogP contribution in [0.5, 0.6) is 5.75 Å². The van der Waals surface area contributed by atoms with Gasteiger partial charge in [-0.2, -0.15) is 4.37 Å². The Balaban J connectivity index is 1.15. The average molecular weight is 505 g/mol. The van der Waals surface area contributed by atoms with Gasteiger partial charge in [-0.05, 0) is 52.8 Å². The second kappa shape index (κ2) is 11.6. The van der Waals surface area contributed by atoms with Crippen LogP contribution in [-0.4, -0.2) is 48.0 Å². The summed E-state index contributed by atoms with van der Waals surface area (Å²) >= 11 is 3.11. The summed E-state index contributed by atoms with van der Waals surface area (Å²) in [5.41, 5.74) is 4.33. The van der Waals surface area contributed by atoms with E-state index in [2.05, 4.69) is 45.2 Å². The number of carbonyl (C=O) groups excluding carboxylic acids is 1. The molecule has 5 rings (SSSR count). The maximum absolute atomic E-state index is 12.2. The molecule has 0 saturated carbocycles. The molecule has 1 atom stereocenters. The largest absolute Gasteiger partial charge is 0.492 e. The van der Waals surface area contributed by atoms with Crippen molar-refractivity contribution >= 4 is 34.5 Å². The molecular formula is C27H28N4O2S2. The van der Waals surface area contributed by atoms with Gasteiger partial charge < -0.3 is 15.4 Å². The Morgan fingerprint density at radius 3 is 2.77 bits per heavy atom. The van der Waals surface area contributed by atoms with Crippen LogP contribution in [0.15, 0.2) is 77.5 Å². The molecule has 1 amide bonds. The third kappa shape index (κ3) is 6.15. The number of nitrogens with one attached hydrogen (secondary N) is 2. The Morgan fingerprint density at radius 1 is 1.11 bits per heavy atom. The average Bonchev–Trinajstić information content (AvgIpc) is 3.58. The Labute approximate surface area is 213 Å². The van der Waals surface area contributed by atoms with Crippen LogP contribution in [-0.2, 0) is 11.2 Å². The predicted molar refractivity (Wildman–Crippen MR) is 143 cm³/mol. The van der Waals surface area contributed by atoms with E-state index in [1.165, 1.54) is 22.7 Å². The maximum Gasteiger partial charge on any atom is 0.229 e. The van der Waals surface area contributed by atoms with Crippen molar-refractivity contribution in [2.45, 2.75) is 12.5 Å². The molecule has 2 aromatic heterocycles. The van der Waals surface area contributed by atoms with Crippen LogP contribution < -0.4 is 15.4 Å². The Morgan fingerprint density at radius 2 is 1.97 bits per heavy atom. The lowest BCUT2D eigenvalue weighted by atomic mass is 10.0. The number of amides is 1. The van der Waals surface area contributed by atoms with E-state index in [4.69, 9.17) is 9.11 Å². The molecule has 4 aromatic rings. The summed E-state index contributed by atoms with van der Waals surface area (Å²) in [5.74, 6) is 0.786. The lowest BCUT2D eigenvalue weighted by Gasteiger charge is -2.35. The minimum Gasteiger partial charge on any atom is -0.492 e. The fourth-order valence-electron chi connectivity index (χ4n) is 4.29. The Hall–Kier alpha value is -3.04. The normalized spacial score (nSPS) is 16.2. The van der Waals surface area contributed by atoms with Crippen LogP contribution >= 0.6 is 22.9 Å². The highest BCUT2D eigenvalue weighted by Crippen LogP contribution is 2.32. The number of piperazine rings is 1. The highest BCUT2D eigenvalue weighted by molar-refractivity contribution is 7.10. The van der Waals surface area contributed by atoms with Crippen molar-refractivity contribution < 1.29 is 9.53 Å². The van der Waals surface area contributed by atoms with Gasteiger partial charge in [-0.15, -0.1) is 11.3 Å². The molecule has 1 unspecified atom stereocenters. The zero-order valence-corrected chi connectivity index (χ0v) is 21.0. The van der Waals surface area contributed by atoms with E-state index in [0.717, 1.165) is 48.2 Å². The fraction of sp³-hybridized carbons (Fsp3) is 0.259. The van der Waals surface area contributed by atoms with E-state index in [1.807, 2.05) is 47.8 Å². The van der Waals surface area contributed by atoms with Gasteiger partial charge >= 0.3 is 0 Å². The van der Waals surface area contributed by atoms with Crippen LogP contribution in [0.2, 0.25) is 0 Å². The van der Waals surface area contributed by atoms with Crippen LogP contribution in [0.25, 0.3) is 11.1 Å². The summed E-state index contributed by atoms with van der Waals surface area (Å²) in [6.07, 6.45) is 0.396. The SMILES string of the molecule is O=C(Cc1cccs1)Nc1ccc(OCCN2CCNCC2c2nscc2-c2ccccc2)cc1. The van der Waals surface area contributed by atoms with Crippen molar-refractivity contribution in [2.75, 3.05) is 38.1 Å². The van der Waals surface area contributed by atoms with Gasteiger partial charge in [0.15, 0.2) is 0 Å². The predicted octanol–water partition coefficient (Wildman–Crippen LogP) is 5.08. The number of rotatable bonds is 9. The van der Waals surface area contributed by atoms with Crippen LogP contribution in [0.3, 0.4) is 0 Å². The van der Waals surface area contributed by atoms with E-state index in [1.54, 1.807) is 11.3 Å². The zero-order chi connectivity index (χ0) is 23.9. The third-order valence-corrected chi connectivity index (χ3v) is 7.57. The first-order chi connectivity index (χ1) is 17.3. The molecule has 0 bridgehead atoms. The van der Waals surface area contributed by atoms with Crippen LogP contribution in [0.1, 0.15) is 16.6 Å². The monoisotopic (exact) mass is 504 g/mol. The molecule has 0 aliphatic carbocycles. The fourth-order valence-corrected chi connectivity index (χ4v) is 5.75. The van der Waals surface area contributed by atoms with Gasteiger partial charge in [0.05, 0.1) is 18.2 Å². The van der Waals surface area contributed by atoms with E-state index in [0.29, 0.717) is 13.0 Å². The molecule has 1 aliphatic rings. The number of hydrogen-bond donors (Lipinski definition) is 2. The molecule has 180 valence electrons. The van der Waals surface area contributed by atoms with Gasteiger partial charge in [0.25, 0.3) is 0 Å². The summed E-state index contributed by atoms with van der Waals surface area (Å²) in [6, 6.07) is 22.2. The molecule has 1 saturated heterocycles. The molecule has 35 heavy (non-hydrogen) atoms. The lowest BCUT2D eigenvalue weighted by molar-refractivity contribution is -0.115. The minimum absolute atomic E-state index is 0.0113. The highest BCUT2D eigenvalue weighted by Gasteiger charge is 2.28. The summed E-state index contributed by atoms with van der Waals surface area (Å²) < 4.78 is 10.8. The molecule has 0 radical (unpaired) electrons. The number of ether oxygens (including phenoxy) is 1. The standard InChI is InChI=1S/C27H28N4O2S2/c32-26(17-23-7-4-16-34-23)29-21-8-10-22(11-9-21)33-15-14-31-13-12-28-18-25(31)27-24(19-35-30-27)20-5-2-1-3-6-20/h1-11,16,19,25,28H,12-15,17-18H2,(H,29,32). The van der Waals surface area contributed by atoms with Crippen molar-refractivity contribution in [3.63, 3.8) is 0 Å². The van der Waals surface area contributed by atoms with Crippen molar-refractivity contribution in [1.29, 1.82) is 0 Å². The Bertz CT molecular complexity index is 1210. The molecule has 1 aliphatic heterocycles. The smallest absolute Gasteiger partial charge is 0.229 e. The first kappa shape index (κ1) is 23.7. The molecule has 3 heterocycles. The Kier molecular flexibility index (Phi) is 7.85. The molecule has 2 N–H and O–H groups in total. The van der Waals surface area contributed by atoms with E-state index < -0.39 is 0 Å². The van der Waals surface area contributed by atoms with Crippen molar-refractivity contribution in [1.82, 2.24) is 14.6 Å². The number of anilines is 1. The molecular weight excluding hydrogens is 476 g/mol. The molecule has 8 heteroatoms. The van der Waals surface area contributed by atoms with Gasteiger partial charge in [0.2, 0.25) is 5.91 Å². The summed E-state index contributed by atoms with van der Waals surface area (Å²) in [4.78, 5) is 15.7. The van der Waals surface area contributed by atoms with Gasteiger partial charge in [-0.3, -0.25) is 9.69 Å². The topological polar surface area (TPSA) is 66.5 Å². The maximum atomic E-state index is 12.2. The quantitative estimate of drug-likeness (QED) is 0.333. The van der Waals surface area contributed by atoms with Gasteiger partial charge in [-0.1, -0.05) is 36.4 Å². The van der Waals surface area contributed by atoms with E-state index in [-0.39, 0.29) is 11.9 Å². The summed E-state index contributed by atoms with van der Waals surface area (Å²) in [6.45, 7) is 4.20. The molecule has 0 spiro atoms. The summed E-state index contributed by atoms with van der Waals surface area (Å²) in [5, 5.41) is 10.6. The van der Waals surface area contributed by atoms with E-state index >= 15 is 0 Å². The van der Waals surface area contributed by atoms with Gasteiger partial charge in [-0.25, -0.2) is 0 Å². The van der Waals surface area contributed by atoms with E-state index in [9.17, 15) is 4.79 Å². The van der Waals surface area contributed by atoms with Crippen LogP contribution in [0, 0.1) is 0 Å². The summed E-state index contributed by atoms with van der Waals surface area (Å²) in [7, 11) is 0. The number of benzene rings is 2. The number of aromatic nitrogens is 1. The van der Waals surface area contributed by atoms with Gasteiger partial charge in [0, 0.05) is 47.7 Å². The number of carbonyl (C=O) groups is 1. The lowest BCUT2D eigenvalue weighted by Crippen LogP contribution is -2.47. The molecule has 2 aromatic carbocycles. The van der Waals surface area contributed by atoms with Crippen LogP contribution in [0.4, 0.5) is 5.69 Å². The highest BCUT2D eigenvalue weighted by atomic mass is 32.1. The first-order valence-electron chi connectivity index (χ1n) is 11.8. The second-order valence-electron chi connectivity index (χ2n) is 8.41. The number of hydrogen-bond acceptors (Lipinski definition) is 7. The third-order valence-electron chi connectivity index (χ3n) is 6.05. The van der Waals surface area contributed by atoms with Crippen molar-refractivity contribution in [3.8, 4) is 16.9 Å². The molecule has 1 fully saturated rings. The first-order valence-corrected chi connectivity index (χ1v) is 13.5. The second-order valence-corrected chi connectivity index (χ2v) is 10.1. The minimum atomic E-state index is -0.0113. The van der Waals surface area contributed by atoms with Gasteiger partial charge in [0.1, 0.15) is 12.4 Å². The zero-order valence-electron chi connectivity index (χ0n) is 19.4. The number of thiophene rings is 1. The van der Waals surface area contributed by atoms with Crippen molar-refractivity contribution in [3.05, 3.63) is 88.1 Å². The van der Waals surface area contributed by atoms with Crippen molar-refractivity contribution in [2.24, 2.45) is 0 Å². The number of nitrogens with zero attached hydrogens (tertiary/aromatic N) is 2.